The van der Waals surface area contributed by atoms with E-state index >= 15 is 0 Å². The van der Waals surface area contributed by atoms with Crippen molar-refractivity contribution in [2.75, 3.05) is 12.0 Å². The Morgan fingerprint density at radius 3 is 2.52 bits per heavy atom. The second-order valence-electron chi connectivity index (χ2n) is 7.03. The number of fused-ring (bicyclic) bond motifs is 1. The number of ether oxygens (including phenoxy) is 1. The summed E-state index contributed by atoms with van der Waals surface area (Å²) >= 11 is 0. The van der Waals surface area contributed by atoms with Crippen LogP contribution in [-0.4, -0.2) is 28.6 Å². The zero-order valence-corrected chi connectivity index (χ0v) is 17.6. The second-order valence-corrected chi connectivity index (χ2v) is 7.03. The summed E-state index contributed by atoms with van der Waals surface area (Å²) in [4.78, 5) is 33.1. The molecule has 1 aromatic heterocycles. The van der Waals surface area contributed by atoms with Gasteiger partial charge in [-0.05, 0) is 24.1 Å². The number of anilines is 1. The number of rotatable bonds is 10. The Morgan fingerprint density at radius 1 is 0.935 bits per heavy atom. The standard InChI is InChI=1S/C23H27N5O3/c1-2-3-4-10-15-31-22(29)21-25-19-14-9-8-13-18(19)20(26-21)27-28-23(30)24-16-17-11-6-5-7-12-17/h5-9,11-14H,2-4,10,15-16H2,1H3,(H2,24,28,30)(H,25,26,27). The zero-order valence-electron chi connectivity index (χ0n) is 17.6. The van der Waals surface area contributed by atoms with E-state index in [0.717, 1.165) is 31.2 Å². The quantitative estimate of drug-likeness (QED) is 0.257. The Bertz CT molecular complexity index is 1010. The molecule has 8 nitrogen and oxygen atoms in total. The van der Waals surface area contributed by atoms with E-state index in [1.54, 1.807) is 12.1 Å². The molecule has 0 spiro atoms. The van der Waals surface area contributed by atoms with Gasteiger partial charge in [0.1, 0.15) is 0 Å². The molecule has 0 bridgehead atoms. The molecule has 162 valence electrons. The third-order valence-electron chi connectivity index (χ3n) is 4.61. The highest BCUT2D eigenvalue weighted by molar-refractivity contribution is 5.94. The number of carbonyl (C=O) groups is 2. The summed E-state index contributed by atoms with van der Waals surface area (Å²) in [5.41, 5.74) is 6.89. The van der Waals surface area contributed by atoms with Crippen LogP contribution in [0.1, 0.15) is 48.8 Å². The predicted molar refractivity (Wildman–Crippen MR) is 119 cm³/mol. The highest BCUT2D eigenvalue weighted by atomic mass is 16.5. The lowest BCUT2D eigenvalue weighted by Gasteiger charge is -2.12. The van der Waals surface area contributed by atoms with Gasteiger partial charge in [0.15, 0.2) is 5.82 Å². The van der Waals surface area contributed by atoms with Crippen molar-refractivity contribution in [3.05, 3.63) is 66.0 Å². The molecule has 3 N–H and O–H groups in total. The Balaban J connectivity index is 1.63. The molecule has 0 unspecified atom stereocenters. The number of hydrazine groups is 1. The monoisotopic (exact) mass is 421 g/mol. The maximum Gasteiger partial charge on any atom is 0.376 e. The maximum absolute atomic E-state index is 12.4. The molecule has 0 saturated heterocycles. The molecule has 0 fully saturated rings. The summed E-state index contributed by atoms with van der Waals surface area (Å²) < 4.78 is 5.30. The highest BCUT2D eigenvalue weighted by Crippen LogP contribution is 2.19. The zero-order chi connectivity index (χ0) is 21.9. The van der Waals surface area contributed by atoms with E-state index in [0.29, 0.717) is 29.9 Å². The van der Waals surface area contributed by atoms with Crippen LogP contribution in [0.5, 0.6) is 0 Å². The predicted octanol–water partition coefficient (Wildman–Crippen LogP) is 4.19. The topological polar surface area (TPSA) is 105 Å². The van der Waals surface area contributed by atoms with Crippen LogP contribution in [0.2, 0.25) is 0 Å². The lowest BCUT2D eigenvalue weighted by molar-refractivity contribution is 0.0484. The van der Waals surface area contributed by atoms with Crippen molar-refractivity contribution in [2.45, 2.75) is 39.2 Å². The summed E-state index contributed by atoms with van der Waals surface area (Å²) in [6.45, 7) is 2.84. The SMILES string of the molecule is CCCCCCOC(=O)c1nc(NNC(=O)NCc2ccccc2)c2ccccc2n1. The van der Waals surface area contributed by atoms with Crippen LogP contribution in [0.4, 0.5) is 10.6 Å². The molecule has 2 aromatic carbocycles. The average molecular weight is 422 g/mol. The average Bonchev–Trinajstić information content (AvgIpc) is 2.81. The fourth-order valence-corrected chi connectivity index (χ4v) is 2.96. The van der Waals surface area contributed by atoms with Gasteiger partial charge in [-0.1, -0.05) is 68.7 Å². The van der Waals surface area contributed by atoms with E-state index in [-0.39, 0.29) is 5.82 Å². The number of nitrogens with zero attached hydrogens (tertiary/aromatic N) is 2. The number of urea groups is 1. The molecule has 1 heterocycles. The van der Waals surface area contributed by atoms with Gasteiger partial charge in [0.05, 0.1) is 12.1 Å². The van der Waals surface area contributed by atoms with Crippen LogP contribution >= 0.6 is 0 Å². The number of esters is 1. The molecule has 2 amide bonds. The van der Waals surface area contributed by atoms with Crippen LogP contribution in [0.25, 0.3) is 10.9 Å². The smallest absolute Gasteiger partial charge is 0.376 e. The van der Waals surface area contributed by atoms with Crippen LogP contribution in [-0.2, 0) is 11.3 Å². The number of hydrogen-bond acceptors (Lipinski definition) is 6. The first-order valence-corrected chi connectivity index (χ1v) is 10.4. The number of unbranched alkanes of at least 4 members (excludes halogenated alkanes) is 3. The number of hydrogen-bond donors (Lipinski definition) is 3. The van der Waals surface area contributed by atoms with Crippen LogP contribution in [0.15, 0.2) is 54.6 Å². The van der Waals surface area contributed by atoms with Crippen molar-refractivity contribution in [3.8, 4) is 0 Å². The molecule has 0 atom stereocenters. The van der Waals surface area contributed by atoms with Gasteiger partial charge >= 0.3 is 12.0 Å². The molecule has 3 rings (SSSR count). The summed E-state index contributed by atoms with van der Waals surface area (Å²) in [7, 11) is 0. The number of carbonyl (C=O) groups excluding carboxylic acids is 2. The van der Waals surface area contributed by atoms with E-state index < -0.39 is 12.0 Å². The molecule has 0 aliphatic carbocycles. The Labute approximate surface area is 181 Å². The first-order valence-electron chi connectivity index (χ1n) is 10.4. The third kappa shape index (κ3) is 6.67. The van der Waals surface area contributed by atoms with Gasteiger partial charge in [0.25, 0.3) is 0 Å². The lowest BCUT2D eigenvalue weighted by atomic mass is 10.2. The number of para-hydroxylation sites is 1. The van der Waals surface area contributed by atoms with Gasteiger partial charge in [-0.25, -0.2) is 19.6 Å². The van der Waals surface area contributed by atoms with E-state index in [9.17, 15) is 9.59 Å². The Kier molecular flexibility index (Phi) is 8.16. The third-order valence-corrected chi connectivity index (χ3v) is 4.61. The number of amides is 2. The fourth-order valence-electron chi connectivity index (χ4n) is 2.96. The highest BCUT2D eigenvalue weighted by Gasteiger charge is 2.15. The van der Waals surface area contributed by atoms with Gasteiger partial charge < -0.3 is 10.1 Å². The minimum Gasteiger partial charge on any atom is -0.460 e. The second kappa shape index (κ2) is 11.5. The maximum atomic E-state index is 12.4. The summed E-state index contributed by atoms with van der Waals surface area (Å²) in [6.07, 6.45) is 4.04. The number of nitrogens with one attached hydrogen (secondary N) is 3. The molecular weight excluding hydrogens is 394 g/mol. The minimum absolute atomic E-state index is 0.0526. The number of aromatic nitrogens is 2. The van der Waals surface area contributed by atoms with E-state index in [2.05, 4.69) is 33.1 Å². The van der Waals surface area contributed by atoms with Crippen molar-refractivity contribution in [2.24, 2.45) is 0 Å². The molecular formula is C23H27N5O3. The van der Waals surface area contributed by atoms with Crippen molar-refractivity contribution in [1.29, 1.82) is 0 Å². The first-order chi connectivity index (χ1) is 15.2. The Morgan fingerprint density at radius 2 is 1.71 bits per heavy atom. The molecule has 0 aliphatic rings. The fraction of sp³-hybridized carbons (Fsp3) is 0.304. The van der Waals surface area contributed by atoms with E-state index in [4.69, 9.17) is 4.74 Å². The van der Waals surface area contributed by atoms with E-state index in [1.807, 2.05) is 42.5 Å². The molecule has 8 heteroatoms. The van der Waals surface area contributed by atoms with Crippen molar-refractivity contribution >= 4 is 28.7 Å². The van der Waals surface area contributed by atoms with Crippen molar-refractivity contribution in [1.82, 2.24) is 20.7 Å². The van der Waals surface area contributed by atoms with Gasteiger partial charge in [-0.15, -0.1) is 0 Å². The number of benzene rings is 2. The van der Waals surface area contributed by atoms with Gasteiger partial charge in [-0.2, -0.15) is 0 Å². The molecule has 0 radical (unpaired) electrons. The molecule has 31 heavy (non-hydrogen) atoms. The van der Waals surface area contributed by atoms with Crippen LogP contribution < -0.4 is 16.2 Å². The first kappa shape index (κ1) is 22.0. The Hall–Kier alpha value is -3.68. The molecule has 3 aromatic rings. The van der Waals surface area contributed by atoms with Crippen molar-refractivity contribution < 1.29 is 14.3 Å². The van der Waals surface area contributed by atoms with Crippen LogP contribution in [0, 0.1) is 0 Å². The van der Waals surface area contributed by atoms with Gasteiger partial charge in [0, 0.05) is 11.9 Å². The van der Waals surface area contributed by atoms with Crippen molar-refractivity contribution in [3.63, 3.8) is 0 Å². The summed E-state index contributed by atoms with van der Waals surface area (Å²) in [5, 5.41) is 3.42. The minimum atomic E-state index is -0.584. The lowest BCUT2D eigenvalue weighted by Crippen LogP contribution is -2.39. The largest absolute Gasteiger partial charge is 0.460 e. The van der Waals surface area contributed by atoms with Gasteiger partial charge in [0.2, 0.25) is 5.82 Å². The molecule has 0 saturated carbocycles. The van der Waals surface area contributed by atoms with Crippen LogP contribution in [0.3, 0.4) is 0 Å². The van der Waals surface area contributed by atoms with E-state index in [1.165, 1.54) is 0 Å². The summed E-state index contributed by atoms with van der Waals surface area (Å²) in [5.74, 6) is -0.319. The summed E-state index contributed by atoms with van der Waals surface area (Å²) in [6, 6.07) is 16.4. The van der Waals surface area contributed by atoms with Gasteiger partial charge in [-0.3, -0.25) is 10.9 Å². The molecule has 0 aliphatic heterocycles. The normalized spacial score (nSPS) is 10.5.